The molecule has 0 heterocycles. The highest BCUT2D eigenvalue weighted by Crippen LogP contribution is 2.24. The molecule has 40 heavy (non-hydrogen) atoms. The number of nitrogens with one attached hydrogen (secondary N) is 1. The summed E-state index contributed by atoms with van der Waals surface area (Å²) in [5.41, 5.74) is 4.47. The highest BCUT2D eigenvalue weighted by molar-refractivity contribution is 6.30. The lowest BCUT2D eigenvalue weighted by atomic mass is 9.86. The Balaban J connectivity index is 1.58. The predicted molar refractivity (Wildman–Crippen MR) is 164 cm³/mol. The van der Waals surface area contributed by atoms with Crippen LogP contribution in [0.15, 0.2) is 78.9 Å². The van der Waals surface area contributed by atoms with E-state index in [-0.39, 0.29) is 23.3 Å². The van der Waals surface area contributed by atoms with Gasteiger partial charge in [0.15, 0.2) is 0 Å². The van der Waals surface area contributed by atoms with Crippen LogP contribution in [0.25, 0.3) is 0 Å². The largest absolute Gasteiger partial charge is 0.352 e. The van der Waals surface area contributed by atoms with E-state index in [1.807, 2.05) is 54.6 Å². The third kappa shape index (κ3) is 8.69. The van der Waals surface area contributed by atoms with Gasteiger partial charge in [0.2, 0.25) is 11.8 Å². The minimum Gasteiger partial charge on any atom is -0.352 e. The van der Waals surface area contributed by atoms with Crippen molar-refractivity contribution in [2.45, 2.75) is 96.2 Å². The van der Waals surface area contributed by atoms with Gasteiger partial charge in [-0.15, -0.1) is 0 Å². The smallest absolute Gasteiger partial charge is 0.243 e. The minimum absolute atomic E-state index is 0.0189. The molecule has 3 aromatic carbocycles. The van der Waals surface area contributed by atoms with Crippen molar-refractivity contribution in [3.05, 3.63) is 106 Å². The van der Waals surface area contributed by atoms with Crippen molar-refractivity contribution in [3.63, 3.8) is 0 Å². The molecule has 4 rings (SSSR count). The van der Waals surface area contributed by atoms with Crippen molar-refractivity contribution in [1.82, 2.24) is 10.2 Å². The fourth-order valence-electron chi connectivity index (χ4n) is 5.45. The molecule has 0 unspecified atom stereocenters. The van der Waals surface area contributed by atoms with Crippen LogP contribution in [-0.2, 0) is 34.4 Å². The zero-order valence-electron chi connectivity index (χ0n) is 24.2. The SMILES string of the molecule is CC(C)(C)c1ccc(CCC(=O)N(Cc2ccc(Cl)cc2)[C@H](Cc2ccccc2)C(=O)NC2CCCCC2)cc1. The van der Waals surface area contributed by atoms with Crippen LogP contribution in [0.2, 0.25) is 5.02 Å². The van der Waals surface area contributed by atoms with E-state index in [2.05, 4.69) is 50.4 Å². The van der Waals surface area contributed by atoms with Gasteiger partial charge in [0.05, 0.1) is 0 Å². The molecular formula is C35H43ClN2O2. The summed E-state index contributed by atoms with van der Waals surface area (Å²) in [6.07, 6.45) is 6.92. The molecule has 1 N–H and O–H groups in total. The van der Waals surface area contributed by atoms with E-state index in [1.165, 1.54) is 12.0 Å². The van der Waals surface area contributed by atoms with Crippen molar-refractivity contribution in [2.75, 3.05) is 0 Å². The van der Waals surface area contributed by atoms with Gasteiger partial charge in [-0.3, -0.25) is 9.59 Å². The first-order chi connectivity index (χ1) is 19.2. The molecule has 0 bridgehead atoms. The third-order valence-corrected chi connectivity index (χ3v) is 8.19. The Morgan fingerprint density at radius 1 is 0.850 bits per heavy atom. The van der Waals surface area contributed by atoms with Crippen molar-refractivity contribution in [1.29, 1.82) is 0 Å². The van der Waals surface area contributed by atoms with Gasteiger partial charge in [-0.05, 0) is 59.1 Å². The molecule has 0 aliphatic heterocycles. The topological polar surface area (TPSA) is 49.4 Å². The lowest BCUT2D eigenvalue weighted by Gasteiger charge is -2.33. The van der Waals surface area contributed by atoms with Crippen LogP contribution in [0.4, 0.5) is 0 Å². The Labute approximate surface area is 245 Å². The third-order valence-electron chi connectivity index (χ3n) is 7.94. The Kier molecular flexibility index (Phi) is 10.4. The maximum atomic E-state index is 14.0. The van der Waals surface area contributed by atoms with Gasteiger partial charge in [-0.2, -0.15) is 0 Å². The van der Waals surface area contributed by atoms with Gasteiger partial charge in [0.25, 0.3) is 0 Å². The molecule has 212 valence electrons. The first-order valence-electron chi connectivity index (χ1n) is 14.7. The van der Waals surface area contributed by atoms with Gasteiger partial charge < -0.3 is 10.2 Å². The average molecular weight is 559 g/mol. The standard InChI is InChI=1S/C35H43ClN2O2/c1-35(2,3)29-19-14-26(15-20-29)18-23-33(39)38(25-28-16-21-30(36)22-17-28)32(24-27-10-6-4-7-11-27)34(40)37-31-12-8-5-9-13-31/h4,6-7,10-11,14-17,19-22,31-32H,5,8-9,12-13,18,23-25H2,1-3H3,(H,37,40)/t32-/m1/s1. The predicted octanol–water partition coefficient (Wildman–Crippen LogP) is 7.66. The maximum absolute atomic E-state index is 14.0. The maximum Gasteiger partial charge on any atom is 0.243 e. The number of benzene rings is 3. The monoisotopic (exact) mass is 558 g/mol. The molecule has 5 heteroatoms. The number of carbonyl (C=O) groups is 2. The molecule has 1 aliphatic rings. The molecule has 0 spiro atoms. The zero-order valence-corrected chi connectivity index (χ0v) is 24.9. The highest BCUT2D eigenvalue weighted by atomic mass is 35.5. The van der Waals surface area contributed by atoms with Crippen molar-refractivity contribution >= 4 is 23.4 Å². The van der Waals surface area contributed by atoms with Gasteiger partial charge in [0, 0.05) is 30.5 Å². The summed E-state index contributed by atoms with van der Waals surface area (Å²) in [5, 5.41) is 3.96. The van der Waals surface area contributed by atoms with Crippen LogP contribution in [0.5, 0.6) is 0 Å². The number of aryl methyl sites for hydroxylation is 1. The molecule has 1 aliphatic carbocycles. The van der Waals surface area contributed by atoms with Gasteiger partial charge in [-0.25, -0.2) is 0 Å². The molecule has 0 saturated heterocycles. The molecule has 1 fully saturated rings. The van der Waals surface area contributed by atoms with E-state index >= 15 is 0 Å². The molecule has 0 aromatic heterocycles. The molecule has 1 atom stereocenters. The van der Waals surface area contributed by atoms with Gasteiger partial charge >= 0.3 is 0 Å². The van der Waals surface area contributed by atoms with E-state index in [0.717, 1.165) is 42.4 Å². The summed E-state index contributed by atoms with van der Waals surface area (Å²) in [6.45, 7) is 6.96. The van der Waals surface area contributed by atoms with Crippen molar-refractivity contribution in [3.8, 4) is 0 Å². The number of carbonyl (C=O) groups excluding carboxylic acids is 2. The average Bonchev–Trinajstić information content (AvgIpc) is 2.95. The Morgan fingerprint density at radius 3 is 2.10 bits per heavy atom. The second-order valence-corrected chi connectivity index (χ2v) is 12.6. The fourth-order valence-corrected chi connectivity index (χ4v) is 5.58. The van der Waals surface area contributed by atoms with Crippen LogP contribution in [0.1, 0.15) is 81.5 Å². The number of nitrogens with zero attached hydrogens (tertiary/aromatic N) is 1. The zero-order chi connectivity index (χ0) is 28.5. The molecule has 1 saturated carbocycles. The van der Waals surface area contributed by atoms with Crippen molar-refractivity contribution in [2.24, 2.45) is 0 Å². The molecule has 3 aromatic rings. The molecular weight excluding hydrogens is 516 g/mol. The van der Waals surface area contributed by atoms with E-state index in [0.29, 0.717) is 30.8 Å². The van der Waals surface area contributed by atoms with Crippen LogP contribution in [0, 0.1) is 0 Å². The van der Waals surface area contributed by atoms with Crippen LogP contribution >= 0.6 is 11.6 Å². The normalized spacial score (nSPS) is 14.9. The van der Waals surface area contributed by atoms with E-state index < -0.39 is 6.04 Å². The summed E-state index contributed by atoms with van der Waals surface area (Å²) in [7, 11) is 0. The summed E-state index contributed by atoms with van der Waals surface area (Å²) in [5.74, 6) is -0.0813. The van der Waals surface area contributed by atoms with Crippen LogP contribution in [0.3, 0.4) is 0 Å². The molecule has 0 radical (unpaired) electrons. The summed E-state index contributed by atoms with van der Waals surface area (Å²) in [4.78, 5) is 29.6. The Hall–Kier alpha value is -3.11. The number of halogens is 1. The Morgan fingerprint density at radius 2 is 1.48 bits per heavy atom. The molecule has 2 amide bonds. The second-order valence-electron chi connectivity index (χ2n) is 12.1. The first kappa shape index (κ1) is 29.9. The fraction of sp³-hybridized carbons (Fsp3) is 0.429. The van der Waals surface area contributed by atoms with Crippen LogP contribution in [-0.4, -0.2) is 28.8 Å². The van der Waals surface area contributed by atoms with E-state index in [4.69, 9.17) is 11.6 Å². The van der Waals surface area contributed by atoms with E-state index in [9.17, 15) is 9.59 Å². The number of amides is 2. The quantitative estimate of drug-likeness (QED) is 0.278. The summed E-state index contributed by atoms with van der Waals surface area (Å²) < 4.78 is 0. The Bertz CT molecular complexity index is 1230. The summed E-state index contributed by atoms with van der Waals surface area (Å²) >= 11 is 6.15. The number of hydrogen-bond donors (Lipinski definition) is 1. The van der Waals surface area contributed by atoms with Crippen molar-refractivity contribution < 1.29 is 9.59 Å². The molecule has 4 nitrogen and oxygen atoms in total. The van der Waals surface area contributed by atoms with Gasteiger partial charge in [-0.1, -0.05) is 118 Å². The minimum atomic E-state index is -0.601. The number of hydrogen-bond acceptors (Lipinski definition) is 2. The second kappa shape index (κ2) is 14.0. The lowest BCUT2D eigenvalue weighted by molar-refractivity contribution is -0.141. The lowest BCUT2D eigenvalue weighted by Crippen LogP contribution is -2.52. The first-order valence-corrected chi connectivity index (χ1v) is 15.0. The number of rotatable bonds is 10. The van der Waals surface area contributed by atoms with Crippen LogP contribution < -0.4 is 5.32 Å². The summed E-state index contributed by atoms with van der Waals surface area (Å²) in [6, 6.07) is 25.7. The van der Waals surface area contributed by atoms with Gasteiger partial charge in [0.1, 0.15) is 6.04 Å². The highest BCUT2D eigenvalue weighted by Gasteiger charge is 2.31. The van der Waals surface area contributed by atoms with E-state index in [1.54, 1.807) is 4.90 Å².